The Bertz CT molecular complexity index is 892. The second-order valence-electron chi connectivity index (χ2n) is 7.25. The lowest BCUT2D eigenvalue weighted by molar-refractivity contribution is 0.630. The van der Waals surface area contributed by atoms with Crippen LogP contribution in [0.3, 0.4) is 0 Å². The molecule has 0 spiro atoms. The number of benzene rings is 2. The first-order valence-corrected chi connectivity index (χ1v) is 9.91. The molecule has 137 valence electrons. The fourth-order valence-electron chi connectivity index (χ4n) is 3.43. The maximum absolute atomic E-state index is 4.44. The van der Waals surface area contributed by atoms with E-state index in [4.69, 9.17) is 0 Å². The molecular weight excluding hydrogens is 324 g/mol. The summed E-state index contributed by atoms with van der Waals surface area (Å²) in [5, 5.41) is 0. The average Bonchev–Trinajstić information content (AvgIpc) is 2.72. The largest absolute Gasteiger partial charge is 0.0761 e. The van der Waals surface area contributed by atoms with Gasteiger partial charge in [0.05, 0.1) is 0 Å². The van der Waals surface area contributed by atoms with Crippen LogP contribution in [0, 0.1) is 12.3 Å². The molecule has 0 bridgehead atoms. The van der Waals surface area contributed by atoms with Crippen LogP contribution in [0.25, 0.3) is 12.2 Å². The molecule has 1 radical (unpaired) electrons. The molecule has 1 aliphatic rings. The van der Waals surface area contributed by atoms with Crippen molar-refractivity contribution in [1.82, 2.24) is 0 Å². The molecule has 0 amide bonds. The number of allylic oxidation sites excluding steroid dienone is 6. The second kappa shape index (κ2) is 8.86. The first-order valence-electron chi connectivity index (χ1n) is 9.91. The lowest BCUT2D eigenvalue weighted by Gasteiger charge is -2.23. The van der Waals surface area contributed by atoms with Crippen LogP contribution in [0.2, 0.25) is 0 Å². The normalized spacial score (nSPS) is 19.7. The summed E-state index contributed by atoms with van der Waals surface area (Å²) in [6.45, 7) is 8.84. The molecule has 0 heteroatoms. The third-order valence-electron chi connectivity index (χ3n) is 5.25. The van der Waals surface area contributed by atoms with E-state index >= 15 is 0 Å². The van der Waals surface area contributed by atoms with Crippen molar-refractivity contribution in [2.75, 3.05) is 0 Å². The minimum atomic E-state index is -0.167. The maximum Gasteiger partial charge on any atom is 0.0103 e. The van der Waals surface area contributed by atoms with Gasteiger partial charge in [0.2, 0.25) is 0 Å². The first kappa shape index (κ1) is 19.2. The van der Waals surface area contributed by atoms with Crippen molar-refractivity contribution >= 4 is 12.2 Å². The topological polar surface area (TPSA) is 0 Å². The fourth-order valence-corrected chi connectivity index (χ4v) is 3.43. The molecule has 2 aromatic rings. The van der Waals surface area contributed by atoms with Gasteiger partial charge in [-0.2, -0.15) is 0 Å². The van der Waals surface area contributed by atoms with E-state index in [-0.39, 0.29) is 5.41 Å². The van der Waals surface area contributed by atoms with Crippen LogP contribution in [0.4, 0.5) is 0 Å². The lowest BCUT2D eigenvalue weighted by atomic mass is 9.81. The monoisotopic (exact) mass is 353 g/mol. The zero-order valence-corrected chi connectivity index (χ0v) is 16.5. The Kier molecular flexibility index (Phi) is 6.29. The summed E-state index contributed by atoms with van der Waals surface area (Å²) in [4.78, 5) is 0. The maximum atomic E-state index is 4.44. The van der Waals surface area contributed by atoms with Crippen LogP contribution in [-0.4, -0.2) is 0 Å². The molecule has 2 aromatic carbocycles. The molecule has 0 saturated heterocycles. The zero-order chi connectivity index (χ0) is 19.1. The van der Waals surface area contributed by atoms with Gasteiger partial charge in [-0.3, -0.25) is 0 Å². The molecule has 3 rings (SSSR count). The summed E-state index contributed by atoms with van der Waals surface area (Å²) in [5.74, 6) is 0. The molecule has 0 saturated carbocycles. The van der Waals surface area contributed by atoms with Gasteiger partial charge in [0.25, 0.3) is 0 Å². The van der Waals surface area contributed by atoms with Crippen molar-refractivity contribution in [3.8, 4) is 0 Å². The van der Waals surface area contributed by atoms with Crippen LogP contribution in [0.1, 0.15) is 42.5 Å². The van der Waals surface area contributed by atoms with Gasteiger partial charge in [0, 0.05) is 5.41 Å². The Labute approximate surface area is 164 Å². The van der Waals surface area contributed by atoms with Gasteiger partial charge in [-0.15, -0.1) is 0 Å². The molecule has 0 aromatic heterocycles. The smallest absolute Gasteiger partial charge is 0.0103 e. The van der Waals surface area contributed by atoms with Crippen molar-refractivity contribution in [2.24, 2.45) is 5.41 Å². The highest BCUT2D eigenvalue weighted by atomic mass is 14.2. The lowest BCUT2D eigenvalue weighted by Crippen LogP contribution is -2.11. The summed E-state index contributed by atoms with van der Waals surface area (Å²) < 4.78 is 0. The van der Waals surface area contributed by atoms with Crippen molar-refractivity contribution in [3.05, 3.63) is 114 Å². The SMILES string of the molecule is [CH2]C1(/C=C/c2ccccc2CC)C=CC(/C=C/c2ccccc2CC)=CC1. The van der Waals surface area contributed by atoms with Gasteiger partial charge in [-0.05, 0) is 54.0 Å². The molecule has 0 aliphatic heterocycles. The van der Waals surface area contributed by atoms with Gasteiger partial charge in [0.15, 0.2) is 0 Å². The number of rotatable bonds is 6. The van der Waals surface area contributed by atoms with E-state index in [0.29, 0.717) is 0 Å². The number of hydrogen-bond acceptors (Lipinski definition) is 0. The van der Waals surface area contributed by atoms with Crippen LogP contribution in [0.15, 0.2) is 84.5 Å². The van der Waals surface area contributed by atoms with Gasteiger partial charge < -0.3 is 0 Å². The Morgan fingerprint density at radius 2 is 1.44 bits per heavy atom. The van der Waals surface area contributed by atoms with E-state index in [0.717, 1.165) is 19.3 Å². The summed E-state index contributed by atoms with van der Waals surface area (Å²) >= 11 is 0. The quantitative estimate of drug-likeness (QED) is 0.513. The fraction of sp³-hybridized carbons (Fsp3) is 0.222. The average molecular weight is 354 g/mol. The van der Waals surface area contributed by atoms with Gasteiger partial charge in [-0.25, -0.2) is 0 Å². The third kappa shape index (κ3) is 4.98. The first-order chi connectivity index (χ1) is 13.1. The van der Waals surface area contributed by atoms with Crippen LogP contribution < -0.4 is 0 Å². The van der Waals surface area contributed by atoms with E-state index in [9.17, 15) is 0 Å². The zero-order valence-electron chi connectivity index (χ0n) is 16.5. The molecule has 1 atom stereocenters. The van der Waals surface area contributed by atoms with E-state index in [2.05, 4.69) is 112 Å². The Hall–Kier alpha value is -2.60. The molecule has 0 nitrogen and oxygen atoms in total. The summed E-state index contributed by atoms with van der Waals surface area (Å²) in [6, 6.07) is 17.2. The second-order valence-corrected chi connectivity index (χ2v) is 7.25. The van der Waals surface area contributed by atoms with Crippen molar-refractivity contribution in [2.45, 2.75) is 33.1 Å². The molecule has 0 heterocycles. The van der Waals surface area contributed by atoms with Crippen molar-refractivity contribution in [1.29, 1.82) is 0 Å². The number of hydrogen-bond donors (Lipinski definition) is 0. The number of aryl methyl sites for hydroxylation is 2. The van der Waals surface area contributed by atoms with Gasteiger partial charge in [0.1, 0.15) is 0 Å². The van der Waals surface area contributed by atoms with E-state index < -0.39 is 0 Å². The van der Waals surface area contributed by atoms with Crippen molar-refractivity contribution in [3.63, 3.8) is 0 Å². The highest BCUT2D eigenvalue weighted by Gasteiger charge is 2.18. The van der Waals surface area contributed by atoms with Crippen molar-refractivity contribution < 1.29 is 0 Å². The molecule has 1 aliphatic carbocycles. The van der Waals surface area contributed by atoms with Crippen LogP contribution in [-0.2, 0) is 12.8 Å². The van der Waals surface area contributed by atoms with E-state index in [1.807, 2.05) is 0 Å². The Morgan fingerprint density at radius 1 is 0.852 bits per heavy atom. The summed E-state index contributed by atoms with van der Waals surface area (Å²) in [6.07, 6.45) is 18.6. The third-order valence-corrected chi connectivity index (χ3v) is 5.25. The summed E-state index contributed by atoms with van der Waals surface area (Å²) in [5.41, 5.74) is 6.45. The minimum absolute atomic E-state index is 0.167. The summed E-state index contributed by atoms with van der Waals surface area (Å²) in [7, 11) is 0. The predicted octanol–water partition coefficient (Wildman–Crippen LogP) is 7.24. The standard InChI is InChI=1S/C27H29/c1-4-23-10-6-8-12-25(23)15-14-22-16-19-27(3,20-17-22)21-18-26-13-9-7-11-24(26)5-2/h6-19,21H,3-5,20H2,1-2H3/b15-14+,21-18+. The molecule has 27 heavy (non-hydrogen) atoms. The molecule has 1 unspecified atom stereocenters. The molecule has 0 fully saturated rings. The Morgan fingerprint density at radius 3 is 2.00 bits per heavy atom. The van der Waals surface area contributed by atoms with Crippen LogP contribution >= 0.6 is 0 Å². The van der Waals surface area contributed by atoms with E-state index in [1.165, 1.54) is 27.8 Å². The van der Waals surface area contributed by atoms with Gasteiger partial charge >= 0.3 is 0 Å². The highest BCUT2D eigenvalue weighted by Crippen LogP contribution is 2.32. The Balaban J connectivity index is 1.69. The molecular formula is C27H29. The van der Waals surface area contributed by atoms with E-state index in [1.54, 1.807) is 0 Å². The predicted molar refractivity (Wildman–Crippen MR) is 119 cm³/mol. The minimum Gasteiger partial charge on any atom is -0.0761 e. The van der Waals surface area contributed by atoms with Crippen LogP contribution in [0.5, 0.6) is 0 Å². The molecule has 0 N–H and O–H groups in total. The van der Waals surface area contributed by atoms with Gasteiger partial charge in [-0.1, -0.05) is 105 Å². The highest BCUT2D eigenvalue weighted by molar-refractivity contribution is 5.59.